The lowest BCUT2D eigenvalue weighted by atomic mass is 9.75. The number of hydrogen-bond acceptors (Lipinski definition) is 6. The molecule has 0 bridgehead atoms. The number of ether oxygens (including phenoxy) is 3. The van der Waals surface area contributed by atoms with Crippen LogP contribution in [0.3, 0.4) is 0 Å². The van der Waals surface area contributed by atoms with Crippen LogP contribution >= 0.6 is 0 Å². The third-order valence-electron chi connectivity index (χ3n) is 7.88. The van der Waals surface area contributed by atoms with Gasteiger partial charge in [0.05, 0.1) is 37.7 Å². The predicted octanol–water partition coefficient (Wildman–Crippen LogP) is 4.12. The second kappa shape index (κ2) is 11.1. The molecule has 38 heavy (non-hydrogen) atoms. The molecule has 0 radical (unpaired) electrons. The molecule has 2 aromatic carbocycles. The van der Waals surface area contributed by atoms with Crippen LogP contribution in [-0.2, 0) is 20.7 Å². The Balaban J connectivity index is 1.54. The Morgan fingerprint density at radius 1 is 0.895 bits per heavy atom. The van der Waals surface area contributed by atoms with E-state index in [4.69, 9.17) is 14.2 Å². The van der Waals surface area contributed by atoms with Gasteiger partial charge in [0.15, 0.2) is 11.5 Å². The van der Waals surface area contributed by atoms with Crippen molar-refractivity contribution in [3.8, 4) is 11.5 Å². The Morgan fingerprint density at radius 2 is 1.58 bits per heavy atom. The zero-order chi connectivity index (χ0) is 26.8. The number of hydrogen-bond donors (Lipinski definition) is 0. The molecule has 0 aliphatic carbocycles. The van der Waals surface area contributed by atoms with Crippen molar-refractivity contribution < 1.29 is 28.6 Å². The van der Waals surface area contributed by atoms with E-state index in [-0.39, 0.29) is 23.7 Å². The maximum Gasteiger partial charge on any atom is 0.309 e. The molecule has 0 N–H and O–H groups in total. The summed E-state index contributed by atoms with van der Waals surface area (Å²) >= 11 is 0. The molecular formula is C30H36N2O6. The molecule has 0 spiro atoms. The van der Waals surface area contributed by atoms with Crippen LogP contribution in [0.1, 0.15) is 72.6 Å². The summed E-state index contributed by atoms with van der Waals surface area (Å²) in [5.74, 6) is 0.339. The first-order chi connectivity index (χ1) is 18.5. The third kappa shape index (κ3) is 4.61. The molecule has 8 nitrogen and oxygen atoms in total. The van der Waals surface area contributed by atoms with E-state index in [1.54, 1.807) is 6.92 Å². The molecule has 3 aliphatic heterocycles. The Bertz CT molecular complexity index is 1220. The summed E-state index contributed by atoms with van der Waals surface area (Å²) in [5.41, 5.74) is 3.36. The van der Waals surface area contributed by atoms with Crippen LogP contribution in [0, 0.1) is 5.92 Å². The molecule has 2 aromatic rings. The van der Waals surface area contributed by atoms with E-state index >= 15 is 0 Å². The molecule has 2 amide bonds. The number of carbonyl (C=O) groups excluding carboxylic acids is 3. The second-order valence-corrected chi connectivity index (χ2v) is 9.97. The highest BCUT2D eigenvalue weighted by Crippen LogP contribution is 2.49. The minimum absolute atomic E-state index is 0.0121. The zero-order valence-corrected chi connectivity index (χ0v) is 22.4. The molecule has 0 aromatic heterocycles. The topological polar surface area (TPSA) is 85.4 Å². The SMILES string of the molecule is CCOC(=O)C1CCN(C(=O)[C@@H]2c3ccccc3C(=O)N3CCc4cc(OCC)c(OCC)cc4[C@@H]23)CC1. The summed E-state index contributed by atoms with van der Waals surface area (Å²) in [7, 11) is 0. The van der Waals surface area contributed by atoms with Gasteiger partial charge in [-0.1, -0.05) is 18.2 Å². The lowest BCUT2D eigenvalue weighted by Crippen LogP contribution is -2.52. The first-order valence-corrected chi connectivity index (χ1v) is 13.8. The van der Waals surface area contributed by atoms with Crippen molar-refractivity contribution >= 4 is 17.8 Å². The van der Waals surface area contributed by atoms with Crippen LogP contribution in [0.2, 0.25) is 0 Å². The molecule has 202 valence electrons. The van der Waals surface area contributed by atoms with E-state index in [9.17, 15) is 14.4 Å². The van der Waals surface area contributed by atoms with Crippen LogP contribution in [0.4, 0.5) is 0 Å². The van der Waals surface area contributed by atoms with Crippen molar-refractivity contribution in [2.45, 2.75) is 52.0 Å². The molecule has 0 saturated carbocycles. The summed E-state index contributed by atoms with van der Waals surface area (Å²) in [6.45, 7) is 8.53. The van der Waals surface area contributed by atoms with Crippen LogP contribution in [-0.4, -0.2) is 67.0 Å². The fourth-order valence-corrected chi connectivity index (χ4v) is 6.13. The first kappa shape index (κ1) is 26.1. The number of benzene rings is 2. The molecule has 1 fully saturated rings. The van der Waals surface area contributed by atoms with E-state index in [0.717, 1.165) is 16.7 Å². The number of esters is 1. The Labute approximate surface area is 223 Å². The summed E-state index contributed by atoms with van der Waals surface area (Å²) in [6, 6.07) is 11.0. The van der Waals surface area contributed by atoms with Gasteiger partial charge in [-0.15, -0.1) is 0 Å². The lowest BCUT2D eigenvalue weighted by molar-refractivity contribution is -0.151. The van der Waals surface area contributed by atoms with Crippen LogP contribution in [0.25, 0.3) is 0 Å². The lowest BCUT2D eigenvalue weighted by Gasteiger charge is -2.47. The molecule has 2 atom stereocenters. The van der Waals surface area contributed by atoms with Crippen molar-refractivity contribution in [1.82, 2.24) is 9.80 Å². The van der Waals surface area contributed by atoms with E-state index in [1.807, 2.05) is 60.0 Å². The van der Waals surface area contributed by atoms with E-state index < -0.39 is 12.0 Å². The standard InChI is InChI=1S/C30H36N2O6/c1-4-36-24-17-20-13-16-32-27(23(20)18-25(24)37-5-2)26(21-9-7-8-10-22(21)28(32)33)29(34)31-14-11-19(12-15-31)30(35)38-6-3/h7-10,17-19,26-27H,4-6,11-16H2,1-3H3/t26-,27+/m1/s1. The van der Waals surface area contributed by atoms with E-state index in [2.05, 4.69) is 0 Å². The largest absolute Gasteiger partial charge is 0.490 e. The Morgan fingerprint density at radius 3 is 2.26 bits per heavy atom. The molecular weight excluding hydrogens is 484 g/mol. The normalized spacial score (nSPS) is 20.8. The van der Waals surface area contributed by atoms with Crippen LogP contribution in [0.5, 0.6) is 11.5 Å². The number of nitrogens with zero attached hydrogens (tertiary/aromatic N) is 2. The van der Waals surface area contributed by atoms with Gasteiger partial charge in [-0.2, -0.15) is 0 Å². The number of piperidine rings is 1. The van der Waals surface area contributed by atoms with Gasteiger partial charge in [0, 0.05) is 25.2 Å². The van der Waals surface area contributed by atoms with Crippen molar-refractivity contribution in [1.29, 1.82) is 0 Å². The fourth-order valence-electron chi connectivity index (χ4n) is 6.13. The van der Waals surface area contributed by atoms with E-state index in [1.165, 1.54) is 0 Å². The second-order valence-electron chi connectivity index (χ2n) is 9.97. The predicted molar refractivity (Wildman–Crippen MR) is 141 cm³/mol. The minimum Gasteiger partial charge on any atom is -0.490 e. The van der Waals surface area contributed by atoms with Gasteiger partial charge >= 0.3 is 5.97 Å². The van der Waals surface area contributed by atoms with Gasteiger partial charge in [0.2, 0.25) is 5.91 Å². The van der Waals surface area contributed by atoms with Gasteiger partial charge in [-0.3, -0.25) is 14.4 Å². The maximum atomic E-state index is 14.3. The van der Waals surface area contributed by atoms with E-state index in [0.29, 0.717) is 75.8 Å². The van der Waals surface area contributed by atoms with Gasteiger partial charge in [0.25, 0.3) is 5.91 Å². The average Bonchev–Trinajstić information content (AvgIpc) is 2.94. The Kier molecular flexibility index (Phi) is 7.58. The van der Waals surface area contributed by atoms with Crippen molar-refractivity contribution in [3.63, 3.8) is 0 Å². The van der Waals surface area contributed by atoms with Crippen molar-refractivity contribution in [2.24, 2.45) is 5.92 Å². The van der Waals surface area contributed by atoms with Gasteiger partial charge in [0.1, 0.15) is 0 Å². The molecule has 5 rings (SSSR count). The highest BCUT2D eigenvalue weighted by Gasteiger charge is 2.48. The molecule has 1 saturated heterocycles. The minimum atomic E-state index is -0.547. The van der Waals surface area contributed by atoms with Crippen LogP contribution < -0.4 is 9.47 Å². The van der Waals surface area contributed by atoms with Crippen molar-refractivity contribution in [3.05, 3.63) is 58.7 Å². The number of carbonyl (C=O) groups is 3. The third-order valence-corrected chi connectivity index (χ3v) is 7.88. The summed E-state index contributed by atoms with van der Waals surface area (Å²) in [6.07, 6.45) is 1.84. The zero-order valence-electron chi connectivity index (χ0n) is 22.4. The van der Waals surface area contributed by atoms with Gasteiger partial charge in [-0.25, -0.2) is 0 Å². The van der Waals surface area contributed by atoms with Gasteiger partial charge in [-0.05, 0) is 74.9 Å². The smallest absolute Gasteiger partial charge is 0.309 e. The summed E-state index contributed by atoms with van der Waals surface area (Å²) in [4.78, 5) is 43.9. The number of likely N-dealkylation sites (tertiary alicyclic amines) is 1. The average molecular weight is 521 g/mol. The molecule has 3 aliphatic rings. The maximum absolute atomic E-state index is 14.3. The highest BCUT2D eigenvalue weighted by atomic mass is 16.5. The molecule has 3 heterocycles. The monoisotopic (exact) mass is 520 g/mol. The van der Waals surface area contributed by atoms with Gasteiger partial charge < -0.3 is 24.0 Å². The van der Waals surface area contributed by atoms with Crippen molar-refractivity contribution in [2.75, 3.05) is 39.5 Å². The quantitative estimate of drug-likeness (QED) is 0.511. The fraction of sp³-hybridized carbons (Fsp3) is 0.500. The Hall–Kier alpha value is -3.55. The first-order valence-electron chi connectivity index (χ1n) is 13.8. The number of amides is 2. The highest BCUT2D eigenvalue weighted by molar-refractivity contribution is 6.01. The van der Waals surface area contributed by atoms with Crippen LogP contribution in [0.15, 0.2) is 36.4 Å². The molecule has 0 unspecified atom stereocenters. The number of fused-ring (bicyclic) bond motifs is 4. The summed E-state index contributed by atoms with van der Waals surface area (Å²) < 4.78 is 17.0. The summed E-state index contributed by atoms with van der Waals surface area (Å²) in [5, 5.41) is 0. The molecule has 8 heteroatoms. The number of rotatable bonds is 7.